The van der Waals surface area contributed by atoms with E-state index in [0.29, 0.717) is 36.0 Å². The molecule has 31 heavy (non-hydrogen) atoms. The maximum Gasteiger partial charge on any atom is 0.270 e. The smallest absolute Gasteiger partial charge is 0.270 e. The number of nitrogens with zero attached hydrogens (tertiary/aromatic N) is 5. The Hall–Kier alpha value is -2.91. The van der Waals surface area contributed by atoms with Gasteiger partial charge in [-0.3, -0.25) is 23.7 Å². The van der Waals surface area contributed by atoms with Crippen LogP contribution in [0.25, 0.3) is 11.2 Å². The van der Waals surface area contributed by atoms with E-state index in [4.69, 9.17) is 0 Å². The van der Waals surface area contributed by atoms with Gasteiger partial charge in [-0.15, -0.1) is 0 Å². The second-order valence-corrected chi connectivity index (χ2v) is 8.48. The van der Waals surface area contributed by atoms with E-state index in [1.54, 1.807) is 28.3 Å². The lowest BCUT2D eigenvalue weighted by Gasteiger charge is -2.34. The molecule has 3 aromatic rings. The van der Waals surface area contributed by atoms with Crippen LogP contribution in [0, 0.1) is 12.7 Å². The molecule has 0 aliphatic carbocycles. The summed E-state index contributed by atoms with van der Waals surface area (Å²) >= 11 is 0. The normalized spacial score (nSPS) is 19.4. The van der Waals surface area contributed by atoms with Crippen LogP contribution in [0.5, 0.6) is 0 Å². The van der Waals surface area contributed by atoms with Gasteiger partial charge in [-0.2, -0.15) is 0 Å². The molecule has 162 valence electrons. The van der Waals surface area contributed by atoms with Crippen LogP contribution in [0.15, 0.2) is 40.2 Å². The van der Waals surface area contributed by atoms with Crippen molar-refractivity contribution in [3.63, 3.8) is 0 Å². The summed E-state index contributed by atoms with van der Waals surface area (Å²) in [5.74, 6) is -0.272. The maximum atomic E-state index is 13.7. The van der Waals surface area contributed by atoms with Crippen LogP contribution in [0.2, 0.25) is 0 Å². The molecule has 2 aliphatic heterocycles. The molecule has 8 nitrogen and oxygen atoms in total. The number of nitrogens with one attached hydrogen (secondary N) is 1. The zero-order valence-electron chi connectivity index (χ0n) is 17.4. The second-order valence-electron chi connectivity index (χ2n) is 8.48. The van der Waals surface area contributed by atoms with Gasteiger partial charge in [0, 0.05) is 37.9 Å². The van der Waals surface area contributed by atoms with Gasteiger partial charge in [-0.1, -0.05) is 0 Å². The minimum Gasteiger partial charge on any atom is -0.310 e. The Kier molecular flexibility index (Phi) is 5.15. The number of piperidine rings is 1. The number of hydrogen-bond acceptors (Lipinski definition) is 6. The molecule has 0 amide bonds. The van der Waals surface area contributed by atoms with Gasteiger partial charge in [0.1, 0.15) is 17.0 Å². The number of halogens is 1. The third-order valence-electron chi connectivity index (χ3n) is 6.41. The van der Waals surface area contributed by atoms with E-state index in [9.17, 15) is 14.0 Å². The quantitative estimate of drug-likeness (QED) is 0.663. The van der Waals surface area contributed by atoms with E-state index < -0.39 is 0 Å². The van der Waals surface area contributed by atoms with Gasteiger partial charge in [0.15, 0.2) is 0 Å². The fourth-order valence-electron chi connectivity index (χ4n) is 4.69. The van der Waals surface area contributed by atoms with Gasteiger partial charge in [-0.05, 0) is 50.6 Å². The van der Waals surface area contributed by atoms with Gasteiger partial charge >= 0.3 is 0 Å². The van der Waals surface area contributed by atoms with Gasteiger partial charge in [-0.25, -0.2) is 9.37 Å². The number of rotatable bonds is 5. The predicted molar refractivity (Wildman–Crippen MR) is 115 cm³/mol. The van der Waals surface area contributed by atoms with Gasteiger partial charge in [0.25, 0.3) is 11.1 Å². The van der Waals surface area contributed by atoms with Gasteiger partial charge < -0.3 is 10.2 Å². The molecule has 0 radical (unpaired) electrons. The highest BCUT2D eigenvalue weighted by molar-refractivity contribution is 5.71. The zero-order chi connectivity index (χ0) is 21.5. The average Bonchev–Trinajstić information content (AvgIpc) is 3.15. The van der Waals surface area contributed by atoms with Crippen molar-refractivity contribution in [2.75, 3.05) is 19.6 Å². The molecular formula is C22H25FN6O2. The van der Waals surface area contributed by atoms with Crippen molar-refractivity contribution in [3.8, 4) is 0 Å². The van der Waals surface area contributed by atoms with E-state index in [1.165, 1.54) is 18.3 Å². The summed E-state index contributed by atoms with van der Waals surface area (Å²) in [6, 6.07) is 5.02. The van der Waals surface area contributed by atoms with Crippen molar-refractivity contribution < 1.29 is 4.39 Å². The fourth-order valence-corrected chi connectivity index (χ4v) is 4.69. The average molecular weight is 424 g/mol. The molecule has 0 bridgehead atoms. The molecule has 1 atom stereocenters. The van der Waals surface area contributed by atoms with Crippen LogP contribution in [0.3, 0.4) is 0 Å². The second kappa shape index (κ2) is 7.97. The summed E-state index contributed by atoms with van der Waals surface area (Å²) in [5, 5.41) is 3.50. The van der Waals surface area contributed by atoms with Crippen molar-refractivity contribution in [2.45, 2.75) is 44.9 Å². The van der Waals surface area contributed by atoms with Crippen LogP contribution < -0.4 is 16.4 Å². The molecule has 1 unspecified atom stereocenters. The standard InChI is InChI=1S/C22H25FN6O2/c1-14-18(23)8-15(9-24-14)10-25-16-4-6-27(7-5-16)12-17-13-28-20(30)3-2-19-22(28)29(17)21(31)11-26-19/h2-3,8-9,11,16-17,25H,4-7,10,12-13H2,1H3. The van der Waals surface area contributed by atoms with E-state index in [1.807, 2.05) is 0 Å². The highest BCUT2D eigenvalue weighted by Crippen LogP contribution is 2.24. The number of aromatic nitrogens is 4. The largest absolute Gasteiger partial charge is 0.310 e. The number of hydrogen-bond donors (Lipinski definition) is 1. The third kappa shape index (κ3) is 3.79. The number of likely N-dealkylation sites (tertiary alicyclic amines) is 1. The van der Waals surface area contributed by atoms with E-state index in [0.717, 1.165) is 38.0 Å². The summed E-state index contributed by atoms with van der Waals surface area (Å²) < 4.78 is 17.1. The minimum absolute atomic E-state index is 0.0702. The number of aryl methyl sites for hydroxylation is 1. The molecule has 5 rings (SSSR count). The molecule has 1 fully saturated rings. The predicted octanol–water partition coefficient (Wildman–Crippen LogP) is 1.21. The molecule has 0 spiro atoms. The Morgan fingerprint density at radius 3 is 2.71 bits per heavy atom. The molecule has 0 aromatic carbocycles. The summed E-state index contributed by atoms with van der Waals surface area (Å²) in [5.41, 5.74) is 2.30. The van der Waals surface area contributed by atoms with Crippen LogP contribution in [0.1, 0.15) is 30.1 Å². The van der Waals surface area contributed by atoms with Gasteiger partial charge in [0.2, 0.25) is 0 Å². The summed E-state index contributed by atoms with van der Waals surface area (Å²) in [4.78, 5) is 35.4. The van der Waals surface area contributed by atoms with Crippen molar-refractivity contribution >= 4 is 11.2 Å². The van der Waals surface area contributed by atoms with Crippen molar-refractivity contribution in [1.29, 1.82) is 0 Å². The zero-order valence-corrected chi connectivity index (χ0v) is 17.4. The first kappa shape index (κ1) is 20.0. The Labute approximate surface area is 178 Å². The molecular weight excluding hydrogens is 399 g/mol. The van der Waals surface area contributed by atoms with Crippen LogP contribution >= 0.6 is 0 Å². The van der Waals surface area contributed by atoms with Gasteiger partial charge in [0.05, 0.1) is 17.9 Å². The van der Waals surface area contributed by atoms with E-state index in [2.05, 4.69) is 20.2 Å². The van der Waals surface area contributed by atoms with Crippen molar-refractivity contribution in [3.05, 3.63) is 68.4 Å². The molecule has 5 heterocycles. The van der Waals surface area contributed by atoms with Crippen LogP contribution in [-0.2, 0) is 13.1 Å². The van der Waals surface area contributed by atoms with Crippen molar-refractivity contribution in [2.24, 2.45) is 0 Å². The molecule has 3 aromatic heterocycles. The Morgan fingerprint density at radius 2 is 1.94 bits per heavy atom. The fraction of sp³-hybridized carbons (Fsp3) is 0.455. The Balaban J connectivity index is 1.21. The first-order valence-corrected chi connectivity index (χ1v) is 10.7. The van der Waals surface area contributed by atoms with Crippen LogP contribution in [-0.4, -0.2) is 49.7 Å². The maximum absolute atomic E-state index is 13.7. The summed E-state index contributed by atoms with van der Waals surface area (Å²) in [7, 11) is 0. The lowest BCUT2D eigenvalue weighted by Crippen LogP contribution is -2.44. The topological polar surface area (TPSA) is 85.1 Å². The summed E-state index contributed by atoms with van der Waals surface area (Å²) in [6.45, 7) is 5.29. The van der Waals surface area contributed by atoms with E-state index in [-0.39, 0.29) is 23.0 Å². The highest BCUT2D eigenvalue weighted by atomic mass is 19.1. The number of pyridine rings is 2. The SMILES string of the molecule is Cc1ncc(CNC2CCN(CC3Cn4c(=O)ccc5ncc(=O)n3c54)CC2)cc1F. The van der Waals surface area contributed by atoms with Crippen LogP contribution in [0.4, 0.5) is 4.39 Å². The first-order valence-electron chi connectivity index (χ1n) is 10.7. The molecule has 0 saturated carbocycles. The summed E-state index contributed by atoms with van der Waals surface area (Å²) in [6.07, 6.45) is 5.01. The first-order chi connectivity index (χ1) is 15.0. The van der Waals surface area contributed by atoms with Crippen molar-refractivity contribution in [1.82, 2.24) is 29.3 Å². The Bertz CT molecular complexity index is 1240. The molecule has 9 heteroatoms. The monoisotopic (exact) mass is 424 g/mol. The lowest BCUT2D eigenvalue weighted by atomic mass is 10.0. The van der Waals surface area contributed by atoms with E-state index >= 15 is 0 Å². The minimum atomic E-state index is -0.272. The molecule has 1 saturated heterocycles. The molecule has 2 aliphatic rings. The lowest BCUT2D eigenvalue weighted by molar-refractivity contribution is 0.171. The molecule has 1 N–H and O–H groups in total. The highest BCUT2D eigenvalue weighted by Gasteiger charge is 2.29. The Morgan fingerprint density at radius 1 is 1.13 bits per heavy atom. The third-order valence-corrected chi connectivity index (χ3v) is 6.41.